The molecule has 1 N–H and O–H groups in total. The van der Waals surface area contributed by atoms with Crippen LogP contribution in [0.1, 0.15) is 5.56 Å². The molecule has 0 aliphatic rings. The SMILES string of the molecule is CS(=O)(=O)c1ccc(NC(=O)COc2ccc(C#N)cc2Cl)cc1. The fourth-order valence-electron chi connectivity index (χ4n) is 1.81. The van der Waals surface area contributed by atoms with Crippen LogP contribution in [0.3, 0.4) is 0 Å². The Kier molecular flexibility index (Phi) is 5.44. The van der Waals surface area contributed by atoms with E-state index < -0.39 is 15.7 Å². The summed E-state index contributed by atoms with van der Waals surface area (Å²) < 4.78 is 28.0. The van der Waals surface area contributed by atoms with Crippen LogP contribution in [0.5, 0.6) is 5.75 Å². The first-order chi connectivity index (χ1) is 11.3. The van der Waals surface area contributed by atoms with Gasteiger partial charge in [-0.05, 0) is 42.5 Å². The third kappa shape index (κ3) is 4.72. The minimum Gasteiger partial charge on any atom is -0.482 e. The Hall–Kier alpha value is -2.56. The first kappa shape index (κ1) is 17.8. The van der Waals surface area contributed by atoms with E-state index in [9.17, 15) is 13.2 Å². The monoisotopic (exact) mass is 364 g/mol. The van der Waals surface area contributed by atoms with E-state index >= 15 is 0 Å². The van der Waals surface area contributed by atoms with Gasteiger partial charge in [0.25, 0.3) is 5.91 Å². The van der Waals surface area contributed by atoms with Crippen molar-refractivity contribution in [3.8, 4) is 11.8 Å². The number of nitriles is 1. The zero-order chi connectivity index (χ0) is 17.7. The maximum Gasteiger partial charge on any atom is 0.262 e. The number of carbonyl (C=O) groups excluding carboxylic acids is 1. The molecule has 2 aromatic carbocycles. The van der Waals surface area contributed by atoms with Gasteiger partial charge in [-0.25, -0.2) is 8.42 Å². The van der Waals surface area contributed by atoms with Crippen LogP contribution in [0.4, 0.5) is 5.69 Å². The van der Waals surface area contributed by atoms with Gasteiger partial charge in [-0.3, -0.25) is 4.79 Å². The molecule has 8 heteroatoms. The zero-order valence-electron chi connectivity index (χ0n) is 12.6. The fourth-order valence-corrected chi connectivity index (χ4v) is 2.68. The lowest BCUT2D eigenvalue weighted by Gasteiger charge is -2.09. The van der Waals surface area contributed by atoms with Crippen LogP contribution in [0.25, 0.3) is 0 Å². The quantitative estimate of drug-likeness (QED) is 0.879. The lowest BCUT2D eigenvalue weighted by Crippen LogP contribution is -2.20. The summed E-state index contributed by atoms with van der Waals surface area (Å²) in [5.41, 5.74) is 0.838. The summed E-state index contributed by atoms with van der Waals surface area (Å²) in [6.07, 6.45) is 1.11. The highest BCUT2D eigenvalue weighted by molar-refractivity contribution is 7.90. The van der Waals surface area contributed by atoms with Crippen LogP contribution in [0, 0.1) is 11.3 Å². The van der Waals surface area contributed by atoms with Crippen LogP contribution >= 0.6 is 11.6 Å². The third-order valence-electron chi connectivity index (χ3n) is 2.99. The predicted molar refractivity (Wildman–Crippen MR) is 89.8 cm³/mol. The van der Waals surface area contributed by atoms with Gasteiger partial charge in [0.15, 0.2) is 16.4 Å². The molecule has 2 aromatic rings. The van der Waals surface area contributed by atoms with Crippen molar-refractivity contribution in [2.24, 2.45) is 0 Å². The second-order valence-corrected chi connectivity index (χ2v) is 7.31. The molecule has 0 saturated carbocycles. The summed E-state index contributed by atoms with van der Waals surface area (Å²) >= 11 is 5.95. The second kappa shape index (κ2) is 7.34. The molecule has 0 heterocycles. The lowest BCUT2D eigenvalue weighted by molar-refractivity contribution is -0.118. The summed E-state index contributed by atoms with van der Waals surface area (Å²) in [6, 6.07) is 12.2. The van der Waals surface area contributed by atoms with Crippen molar-refractivity contribution in [3.63, 3.8) is 0 Å². The fraction of sp³-hybridized carbons (Fsp3) is 0.125. The van der Waals surface area contributed by atoms with Crippen molar-refractivity contribution in [1.29, 1.82) is 5.26 Å². The topological polar surface area (TPSA) is 96.3 Å². The molecule has 2 rings (SSSR count). The minimum atomic E-state index is -3.28. The Labute approximate surface area is 144 Å². The van der Waals surface area contributed by atoms with Crippen molar-refractivity contribution in [1.82, 2.24) is 0 Å². The lowest BCUT2D eigenvalue weighted by atomic mass is 10.2. The van der Waals surface area contributed by atoms with Crippen LogP contribution in [0.15, 0.2) is 47.4 Å². The van der Waals surface area contributed by atoms with Gasteiger partial charge in [0, 0.05) is 11.9 Å². The summed E-state index contributed by atoms with van der Waals surface area (Å²) in [6.45, 7) is -0.278. The number of sulfone groups is 1. The number of carbonyl (C=O) groups is 1. The smallest absolute Gasteiger partial charge is 0.262 e. The first-order valence-electron chi connectivity index (χ1n) is 6.72. The van der Waals surface area contributed by atoms with Crippen molar-refractivity contribution in [3.05, 3.63) is 53.1 Å². The molecule has 0 aliphatic heterocycles. The number of hydrogen-bond donors (Lipinski definition) is 1. The molecular weight excluding hydrogens is 352 g/mol. The molecule has 0 radical (unpaired) electrons. The second-order valence-electron chi connectivity index (χ2n) is 4.89. The van der Waals surface area contributed by atoms with Gasteiger partial charge < -0.3 is 10.1 Å². The van der Waals surface area contributed by atoms with E-state index in [0.717, 1.165) is 6.26 Å². The molecule has 6 nitrogen and oxygen atoms in total. The third-order valence-corrected chi connectivity index (χ3v) is 4.41. The molecule has 0 aliphatic carbocycles. The molecule has 0 unspecified atom stereocenters. The van der Waals surface area contributed by atoms with Gasteiger partial charge in [0.2, 0.25) is 0 Å². The predicted octanol–water partition coefficient (Wildman–Crippen LogP) is 2.63. The number of amides is 1. The highest BCUT2D eigenvalue weighted by Crippen LogP contribution is 2.25. The zero-order valence-corrected chi connectivity index (χ0v) is 14.2. The highest BCUT2D eigenvalue weighted by atomic mass is 35.5. The molecule has 0 spiro atoms. The van der Waals surface area contributed by atoms with Gasteiger partial charge in [-0.15, -0.1) is 0 Å². The summed E-state index contributed by atoms with van der Waals surface area (Å²) in [4.78, 5) is 12.0. The largest absolute Gasteiger partial charge is 0.482 e. The standard InChI is InChI=1S/C16H13ClN2O4S/c1-24(21,22)13-5-3-12(4-6-13)19-16(20)10-23-15-7-2-11(9-18)8-14(15)17/h2-8H,10H2,1H3,(H,19,20). The highest BCUT2D eigenvalue weighted by Gasteiger charge is 2.09. The average molecular weight is 365 g/mol. The van der Waals surface area contributed by atoms with E-state index in [1.54, 1.807) is 0 Å². The Bertz CT molecular complexity index is 903. The number of halogens is 1. The normalized spacial score (nSPS) is 10.7. The van der Waals surface area contributed by atoms with Crippen molar-refractivity contribution < 1.29 is 17.9 Å². The van der Waals surface area contributed by atoms with E-state index in [1.165, 1.54) is 42.5 Å². The molecule has 124 valence electrons. The van der Waals surface area contributed by atoms with Gasteiger partial charge in [-0.1, -0.05) is 11.6 Å². The number of hydrogen-bond acceptors (Lipinski definition) is 5. The first-order valence-corrected chi connectivity index (χ1v) is 8.99. The van der Waals surface area contributed by atoms with Gasteiger partial charge >= 0.3 is 0 Å². The molecule has 1 amide bonds. The number of nitrogens with zero attached hydrogens (tertiary/aromatic N) is 1. The Morgan fingerprint density at radius 2 is 1.92 bits per heavy atom. The Morgan fingerprint density at radius 1 is 1.25 bits per heavy atom. The molecular formula is C16H13ClN2O4S. The van der Waals surface area contributed by atoms with Crippen molar-refractivity contribution in [2.75, 3.05) is 18.2 Å². The van der Waals surface area contributed by atoms with Crippen LogP contribution in [0.2, 0.25) is 5.02 Å². The number of nitrogens with one attached hydrogen (secondary N) is 1. The van der Waals surface area contributed by atoms with Crippen molar-refractivity contribution >= 4 is 33.0 Å². The van der Waals surface area contributed by atoms with Crippen LogP contribution in [-0.4, -0.2) is 27.2 Å². The number of rotatable bonds is 5. The van der Waals surface area contributed by atoms with E-state index in [1.807, 2.05) is 6.07 Å². The molecule has 24 heavy (non-hydrogen) atoms. The van der Waals surface area contributed by atoms with E-state index in [0.29, 0.717) is 17.0 Å². The average Bonchev–Trinajstić information content (AvgIpc) is 2.53. The summed E-state index contributed by atoms with van der Waals surface area (Å²) in [5, 5.41) is 11.6. The Morgan fingerprint density at radius 3 is 2.46 bits per heavy atom. The molecule has 0 bridgehead atoms. The molecule has 0 atom stereocenters. The van der Waals surface area contributed by atoms with Gasteiger partial charge in [-0.2, -0.15) is 5.26 Å². The number of benzene rings is 2. The van der Waals surface area contributed by atoms with E-state index in [-0.39, 0.29) is 16.5 Å². The van der Waals surface area contributed by atoms with Crippen LogP contribution in [-0.2, 0) is 14.6 Å². The van der Waals surface area contributed by atoms with Gasteiger partial charge in [0.05, 0.1) is 21.6 Å². The minimum absolute atomic E-state index is 0.168. The maximum atomic E-state index is 11.9. The Balaban J connectivity index is 1.95. The number of ether oxygens (including phenoxy) is 1. The van der Waals surface area contributed by atoms with Gasteiger partial charge in [0.1, 0.15) is 5.75 Å². The molecule has 0 aromatic heterocycles. The summed E-state index contributed by atoms with van der Waals surface area (Å²) in [5.74, 6) is -0.138. The molecule has 0 fully saturated rings. The molecule has 0 saturated heterocycles. The van der Waals surface area contributed by atoms with Crippen molar-refractivity contribution in [2.45, 2.75) is 4.90 Å². The van der Waals surface area contributed by atoms with E-state index in [4.69, 9.17) is 21.6 Å². The maximum absolute atomic E-state index is 11.9. The van der Waals surface area contributed by atoms with E-state index in [2.05, 4.69) is 5.32 Å². The number of anilines is 1. The van der Waals surface area contributed by atoms with Crippen LogP contribution < -0.4 is 10.1 Å². The summed E-state index contributed by atoms with van der Waals surface area (Å²) in [7, 11) is -3.28.